The van der Waals surface area contributed by atoms with Crippen LogP contribution in [0.3, 0.4) is 0 Å². The van der Waals surface area contributed by atoms with E-state index >= 15 is 0 Å². The van der Waals surface area contributed by atoms with E-state index in [0.29, 0.717) is 48.8 Å². The summed E-state index contributed by atoms with van der Waals surface area (Å²) >= 11 is 0. The molecular formula is C22H18F3N7O3. The van der Waals surface area contributed by atoms with Crippen LogP contribution in [0.2, 0.25) is 0 Å². The molecule has 0 saturated carbocycles. The van der Waals surface area contributed by atoms with Gasteiger partial charge in [-0.15, -0.1) is 20.4 Å². The molecule has 1 aliphatic heterocycles. The van der Waals surface area contributed by atoms with Gasteiger partial charge in [-0.3, -0.25) is 4.79 Å². The van der Waals surface area contributed by atoms with E-state index in [1.807, 2.05) is 0 Å². The first-order chi connectivity index (χ1) is 17.0. The third kappa shape index (κ3) is 4.89. The van der Waals surface area contributed by atoms with Crippen LogP contribution in [0.1, 0.15) is 28.2 Å². The van der Waals surface area contributed by atoms with Gasteiger partial charge in [-0.05, 0) is 35.0 Å². The van der Waals surface area contributed by atoms with Crippen molar-refractivity contribution in [1.29, 1.82) is 0 Å². The van der Waals surface area contributed by atoms with Crippen molar-refractivity contribution in [3.05, 3.63) is 65.3 Å². The third-order valence-electron chi connectivity index (χ3n) is 5.33. The Bertz CT molecular complexity index is 1350. The Kier molecular flexibility index (Phi) is 6.23. The van der Waals surface area contributed by atoms with E-state index in [9.17, 15) is 18.0 Å². The lowest BCUT2D eigenvalue weighted by atomic mass is 10.1. The molecule has 5 rings (SSSR count). The second-order valence-corrected chi connectivity index (χ2v) is 7.69. The number of carbonyl (C=O) groups excluding carboxylic acids is 1. The molecule has 180 valence electrons. The summed E-state index contributed by atoms with van der Waals surface area (Å²) in [6, 6.07) is 11.1. The number of amides is 1. The summed E-state index contributed by atoms with van der Waals surface area (Å²) in [6.07, 6.45) is -2.94. The number of tetrazole rings is 1. The molecule has 0 bridgehead atoms. The Hall–Kier alpha value is -4.13. The van der Waals surface area contributed by atoms with Crippen molar-refractivity contribution in [2.45, 2.75) is 13.0 Å². The Labute approximate surface area is 196 Å². The van der Waals surface area contributed by atoms with Gasteiger partial charge in [-0.1, -0.05) is 18.2 Å². The van der Waals surface area contributed by atoms with Gasteiger partial charge in [0.05, 0.1) is 25.3 Å². The summed E-state index contributed by atoms with van der Waals surface area (Å²) in [7, 11) is 0. The van der Waals surface area contributed by atoms with Gasteiger partial charge < -0.3 is 14.1 Å². The molecule has 0 N–H and O–H groups in total. The van der Waals surface area contributed by atoms with Gasteiger partial charge in [-0.25, -0.2) is 4.39 Å². The number of morpholine rings is 1. The summed E-state index contributed by atoms with van der Waals surface area (Å²) < 4.78 is 49.9. The highest BCUT2D eigenvalue weighted by Crippen LogP contribution is 2.26. The highest BCUT2D eigenvalue weighted by molar-refractivity contribution is 5.95. The van der Waals surface area contributed by atoms with Crippen molar-refractivity contribution < 1.29 is 27.1 Å². The largest absolute Gasteiger partial charge is 0.415 e. The Morgan fingerprint density at radius 2 is 1.89 bits per heavy atom. The quantitative estimate of drug-likeness (QED) is 0.410. The average molecular weight is 485 g/mol. The zero-order valence-electron chi connectivity index (χ0n) is 18.1. The second kappa shape index (κ2) is 9.62. The van der Waals surface area contributed by atoms with Crippen LogP contribution >= 0.6 is 0 Å². The van der Waals surface area contributed by atoms with Crippen LogP contribution in [0, 0.1) is 5.82 Å². The molecule has 2 aromatic heterocycles. The molecule has 0 unspecified atom stereocenters. The van der Waals surface area contributed by atoms with Crippen LogP contribution in [0.4, 0.5) is 13.2 Å². The molecule has 35 heavy (non-hydrogen) atoms. The van der Waals surface area contributed by atoms with Gasteiger partial charge in [0.15, 0.2) is 0 Å². The Balaban J connectivity index is 1.30. The maximum Gasteiger partial charge on any atom is 0.314 e. The summed E-state index contributed by atoms with van der Waals surface area (Å²) in [5.41, 5.74) is 1.53. The van der Waals surface area contributed by atoms with Crippen LogP contribution in [-0.4, -0.2) is 67.5 Å². The van der Waals surface area contributed by atoms with Crippen molar-refractivity contribution in [3.8, 4) is 22.8 Å². The number of hydrogen-bond acceptors (Lipinski definition) is 8. The molecule has 0 aliphatic carbocycles. The summed E-state index contributed by atoms with van der Waals surface area (Å²) in [5.74, 6) is -1.72. The number of benzene rings is 2. The monoisotopic (exact) mass is 485 g/mol. The number of nitrogens with zero attached hydrogens (tertiary/aromatic N) is 7. The van der Waals surface area contributed by atoms with Crippen LogP contribution in [-0.2, 0) is 11.3 Å². The maximum absolute atomic E-state index is 14.6. The van der Waals surface area contributed by atoms with E-state index in [1.54, 1.807) is 35.2 Å². The molecule has 2 aromatic carbocycles. The van der Waals surface area contributed by atoms with E-state index in [1.165, 1.54) is 16.9 Å². The number of hydrogen-bond donors (Lipinski definition) is 0. The van der Waals surface area contributed by atoms with Gasteiger partial charge in [0.25, 0.3) is 17.7 Å². The first-order valence-corrected chi connectivity index (χ1v) is 10.6. The molecular weight excluding hydrogens is 467 g/mol. The predicted molar refractivity (Wildman–Crippen MR) is 114 cm³/mol. The molecule has 0 atom stereocenters. The Morgan fingerprint density at radius 3 is 2.63 bits per heavy atom. The minimum Gasteiger partial charge on any atom is -0.415 e. The number of carbonyl (C=O) groups is 1. The molecule has 0 spiro atoms. The van der Waals surface area contributed by atoms with Gasteiger partial charge in [-0.2, -0.15) is 13.6 Å². The van der Waals surface area contributed by atoms with E-state index in [4.69, 9.17) is 9.15 Å². The molecule has 10 nitrogen and oxygen atoms in total. The fourth-order valence-electron chi connectivity index (χ4n) is 3.59. The highest BCUT2D eigenvalue weighted by Gasteiger charge is 2.21. The summed E-state index contributed by atoms with van der Waals surface area (Å²) in [6.45, 7) is 2.19. The minimum atomic E-state index is -2.94. The first-order valence-electron chi connectivity index (χ1n) is 10.6. The van der Waals surface area contributed by atoms with Crippen molar-refractivity contribution in [3.63, 3.8) is 0 Å². The van der Waals surface area contributed by atoms with E-state index in [-0.39, 0.29) is 23.9 Å². The lowest BCUT2D eigenvalue weighted by molar-refractivity contribution is 0.0303. The number of ether oxygens (including phenoxy) is 1. The standard InChI is InChI=1S/C22H18F3N7O3/c23-17-10-13(4-5-16(17)20-27-28-21(35-20)18(24)25)12-32-29-19(26-30-32)14-2-1-3-15(11-14)22(33)31-6-8-34-9-7-31/h1-5,10-11,18H,6-9,12H2. The smallest absolute Gasteiger partial charge is 0.314 e. The highest BCUT2D eigenvalue weighted by atomic mass is 19.3. The fourth-order valence-corrected chi connectivity index (χ4v) is 3.59. The molecule has 4 aromatic rings. The van der Waals surface area contributed by atoms with Gasteiger partial charge in [0.2, 0.25) is 5.82 Å². The summed E-state index contributed by atoms with van der Waals surface area (Å²) in [4.78, 5) is 15.8. The molecule has 0 radical (unpaired) electrons. The van der Waals surface area contributed by atoms with E-state index < -0.39 is 18.1 Å². The summed E-state index contributed by atoms with van der Waals surface area (Å²) in [5, 5.41) is 19.0. The molecule has 1 aliphatic rings. The van der Waals surface area contributed by atoms with Crippen LogP contribution in [0.5, 0.6) is 0 Å². The SMILES string of the molecule is O=C(c1cccc(-c2nnn(Cc3ccc(-c4nnc(C(F)F)o4)c(F)c3)n2)c1)N1CCOCC1. The maximum atomic E-state index is 14.6. The van der Waals surface area contributed by atoms with Crippen molar-refractivity contribution in [2.24, 2.45) is 0 Å². The molecule has 1 fully saturated rings. The van der Waals surface area contributed by atoms with Crippen molar-refractivity contribution in [2.75, 3.05) is 26.3 Å². The molecule has 1 amide bonds. The van der Waals surface area contributed by atoms with E-state index in [0.717, 1.165) is 0 Å². The van der Waals surface area contributed by atoms with Crippen molar-refractivity contribution in [1.82, 2.24) is 35.3 Å². The van der Waals surface area contributed by atoms with Gasteiger partial charge >= 0.3 is 6.43 Å². The average Bonchev–Trinajstić information content (AvgIpc) is 3.55. The number of aromatic nitrogens is 6. The first kappa shape index (κ1) is 22.7. The van der Waals surface area contributed by atoms with Crippen LogP contribution in [0.15, 0.2) is 46.9 Å². The topological polar surface area (TPSA) is 112 Å². The molecule has 13 heteroatoms. The predicted octanol–water partition coefficient (Wildman–Crippen LogP) is 2.99. The minimum absolute atomic E-state index is 0.0952. The van der Waals surface area contributed by atoms with Gasteiger partial charge in [0.1, 0.15) is 5.82 Å². The number of alkyl halides is 2. The Morgan fingerprint density at radius 1 is 1.06 bits per heavy atom. The number of rotatable bonds is 6. The fraction of sp³-hybridized carbons (Fsp3) is 0.273. The molecule has 3 heterocycles. The number of halogens is 3. The lowest BCUT2D eigenvalue weighted by Crippen LogP contribution is -2.40. The third-order valence-corrected chi connectivity index (χ3v) is 5.33. The van der Waals surface area contributed by atoms with Gasteiger partial charge in [0, 0.05) is 24.2 Å². The normalized spacial score (nSPS) is 14.0. The van der Waals surface area contributed by atoms with E-state index in [2.05, 4.69) is 25.6 Å². The van der Waals surface area contributed by atoms with Crippen molar-refractivity contribution >= 4 is 5.91 Å². The zero-order chi connectivity index (χ0) is 24.4. The molecule has 1 saturated heterocycles. The lowest BCUT2D eigenvalue weighted by Gasteiger charge is -2.26. The van der Waals surface area contributed by atoms with Crippen LogP contribution in [0.25, 0.3) is 22.8 Å². The zero-order valence-corrected chi connectivity index (χ0v) is 18.1. The van der Waals surface area contributed by atoms with Crippen LogP contribution < -0.4 is 0 Å². The second-order valence-electron chi connectivity index (χ2n) is 7.69.